The Hall–Kier alpha value is -1.89. The van der Waals surface area contributed by atoms with Gasteiger partial charge >= 0.3 is 0 Å². The summed E-state index contributed by atoms with van der Waals surface area (Å²) in [6.45, 7) is 2.85. The van der Waals surface area contributed by atoms with Crippen LogP contribution in [0.3, 0.4) is 0 Å². The fourth-order valence-corrected chi connectivity index (χ4v) is 2.15. The van der Waals surface area contributed by atoms with Gasteiger partial charge in [-0.25, -0.2) is 4.98 Å². The highest BCUT2D eigenvalue weighted by molar-refractivity contribution is 5.83. The van der Waals surface area contributed by atoms with Crippen molar-refractivity contribution in [3.05, 3.63) is 6.33 Å². The van der Waals surface area contributed by atoms with Gasteiger partial charge < -0.3 is 20.4 Å². The maximum Gasteiger partial charge on any atom is 0.226 e. The lowest BCUT2D eigenvalue weighted by Gasteiger charge is -2.17. The zero-order valence-electron chi connectivity index (χ0n) is 10.4. The molecule has 0 radical (unpaired) electrons. The third-order valence-corrected chi connectivity index (χ3v) is 3.21. The Morgan fingerprint density at radius 2 is 2.33 bits per heavy atom. The smallest absolute Gasteiger partial charge is 0.226 e. The van der Waals surface area contributed by atoms with E-state index in [-0.39, 0.29) is 12.1 Å². The van der Waals surface area contributed by atoms with Crippen LogP contribution in [-0.2, 0) is 4.74 Å². The van der Waals surface area contributed by atoms with Crippen molar-refractivity contribution in [1.29, 1.82) is 0 Å². The van der Waals surface area contributed by atoms with E-state index in [4.69, 9.17) is 4.74 Å². The number of nitrogens with zero attached hydrogens (tertiary/aromatic N) is 3. The van der Waals surface area contributed by atoms with E-state index in [1.807, 2.05) is 0 Å². The minimum absolute atomic E-state index is 0.191. The van der Waals surface area contributed by atoms with E-state index in [1.54, 1.807) is 13.4 Å². The molecule has 7 nitrogen and oxygen atoms in total. The lowest BCUT2D eigenvalue weighted by Crippen LogP contribution is -2.27. The van der Waals surface area contributed by atoms with Crippen LogP contribution in [0.2, 0.25) is 0 Å². The quantitative estimate of drug-likeness (QED) is 0.750. The molecule has 0 bridgehead atoms. The molecule has 3 N–H and O–H groups in total. The van der Waals surface area contributed by atoms with Crippen LogP contribution in [0.5, 0.6) is 0 Å². The van der Waals surface area contributed by atoms with Gasteiger partial charge in [0.2, 0.25) is 5.95 Å². The van der Waals surface area contributed by atoms with E-state index < -0.39 is 0 Å². The third kappa shape index (κ3) is 1.86. The van der Waals surface area contributed by atoms with Gasteiger partial charge in [0.1, 0.15) is 5.52 Å². The molecule has 1 aliphatic heterocycles. The van der Waals surface area contributed by atoms with E-state index in [0.717, 1.165) is 24.4 Å². The maximum absolute atomic E-state index is 5.54. The van der Waals surface area contributed by atoms with Gasteiger partial charge in [0.15, 0.2) is 11.5 Å². The van der Waals surface area contributed by atoms with E-state index in [1.165, 1.54) is 0 Å². The van der Waals surface area contributed by atoms with Crippen molar-refractivity contribution >= 4 is 22.9 Å². The Balaban J connectivity index is 1.96. The largest absolute Gasteiger partial charge is 0.376 e. The van der Waals surface area contributed by atoms with Crippen molar-refractivity contribution in [2.45, 2.75) is 25.5 Å². The van der Waals surface area contributed by atoms with Crippen molar-refractivity contribution in [2.75, 3.05) is 24.3 Å². The number of hydrogen-bond acceptors (Lipinski definition) is 6. The Kier molecular flexibility index (Phi) is 2.75. The first-order valence-corrected chi connectivity index (χ1v) is 6.05. The first kappa shape index (κ1) is 11.2. The lowest BCUT2D eigenvalue weighted by molar-refractivity contribution is 0.121. The number of H-pyrrole nitrogens is 1. The number of imidazole rings is 1. The van der Waals surface area contributed by atoms with Crippen LogP contribution in [-0.4, -0.2) is 45.7 Å². The van der Waals surface area contributed by atoms with Crippen LogP contribution in [0.15, 0.2) is 6.33 Å². The molecular weight excluding hydrogens is 232 g/mol. The summed E-state index contributed by atoms with van der Waals surface area (Å²) in [5.41, 5.74) is 1.48. The average Bonchev–Trinajstić information content (AvgIpc) is 2.98. The first-order chi connectivity index (χ1) is 8.78. The molecule has 1 aliphatic rings. The molecular formula is C11H16N6O. The number of rotatable bonds is 3. The van der Waals surface area contributed by atoms with Crippen LogP contribution >= 0.6 is 0 Å². The van der Waals surface area contributed by atoms with Crippen molar-refractivity contribution < 1.29 is 4.74 Å². The second kappa shape index (κ2) is 4.41. The number of hydrogen-bond donors (Lipinski definition) is 3. The molecule has 2 unspecified atom stereocenters. The van der Waals surface area contributed by atoms with Gasteiger partial charge in [-0.2, -0.15) is 9.97 Å². The number of fused-ring (bicyclic) bond motifs is 1. The second-order valence-corrected chi connectivity index (χ2v) is 4.36. The molecule has 0 spiro atoms. The van der Waals surface area contributed by atoms with Gasteiger partial charge in [-0.3, -0.25) is 0 Å². The number of aromatic nitrogens is 4. The van der Waals surface area contributed by atoms with Crippen LogP contribution in [0.1, 0.15) is 13.3 Å². The molecule has 1 saturated heterocycles. The summed E-state index contributed by atoms with van der Waals surface area (Å²) in [6, 6.07) is 0.274. The van der Waals surface area contributed by atoms with Gasteiger partial charge in [0.25, 0.3) is 0 Å². The van der Waals surface area contributed by atoms with Gasteiger partial charge in [-0.15, -0.1) is 0 Å². The van der Waals surface area contributed by atoms with Gasteiger partial charge in [0, 0.05) is 13.7 Å². The first-order valence-electron chi connectivity index (χ1n) is 6.05. The van der Waals surface area contributed by atoms with E-state index in [2.05, 4.69) is 37.5 Å². The van der Waals surface area contributed by atoms with Gasteiger partial charge in [0.05, 0.1) is 18.5 Å². The number of aromatic amines is 1. The Morgan fingerprint density at radius 3 is 3.06 bits per heavy atom. The molecule has 1 fully saturated rings. The molecule has 2 aromatic heterocycles. The van der Waals surface area contributed by atoms with E-state index in [9.17, 15) is 0 Å². The highest BCUT2D eigenvalue weighted by Crippen LogP contribution is 2.23. The molecule has 96 valence electrons. The summed E-state index contributed by atoms with van der Waals surface area (Å²) in [4.78, 5) is 15.9. The predicted molar refractivity (Wildman–Crippen MR) is 68.7 cm³/mol. The third-order valence-electron chi connectivity index (χ3n) is 3.21. The van der Waals surface area contributed by atoms with Crippen LogP contribution in [0, 0.1) is 0 Å². The number of ether oxygens (including phenoxy) is 1. The zero-order valence-corrected chi connectivity index (χ0v) is 10.4. The number of anilines is 2. The molecule has 0 amide bonds. The summed E-state index contributed by atoms with van der Waals surface area (Å²) in [6.07, 6.45) is 2.80. The zero-order chi connectivity index (χ0) is 12.5. The summed E-state index contributed by atoms with van der Waals surface area (Å²) in [5.74, 6) is 1.33. The van der Waals surface area contributed by atoms with Crippen molar-refractivity contribution in [3.8, 4) is 0 Å². The average molecular weight is 248 g/mol. The maximum atomic E-state index is 5.54. The molecule has 3 rings (SSSR count). The van der Waals surface area contributed by atoms with Gasteiger partial charge in [-0.1, -0.05) is 0 Å². The van der Waals surface area contributed by atoms with E-state index >= 15 is 0 Å². The summed E-state index contributed by atoms with van der Waals surface area (Å²) in [5, 5.41) is 6.35. The number of nitrogens with one attached hydrogen (secondary N) is 3. The Bertz CT molecular complexity index is 553. The lowest BCUT2D eigenvalue weighted by atomic mass is 10.1. The molecule has 18 heavy (non-hydrogen) atoms. The van der Waals surface area contributed by atoms with Crippen LogP contribution in [0.25, 0.3) is 11.2 Å². The highest BCUT2D eigenvalue weighted by Gasteiger charge is 2.25. The van der Waals surface area contributed by atoms with E-state index in [0.29, 0.717) is 11.6 Å². The molecule has 0 saturated carbocycles. The SMILES string of the molecule is CNc1nc(NC2CCOC2C)c2[nH]cnc2n1. The van der Waals surface area contributed by atoms with Crippen molar-refractivity contribution in [1.82, 2.24) is 19.9 Å². The minimum Gasteiger partial charge on any atom is -0.376 e. The minimum atomic E-state index is 0.191. The molecule has 0 aromatic carbocycles. The second-order valence-electron chi connectivity index (χ2n) is 4.36. The van der Waals surface area contributed by atoms with Crippen LogP contribution < -0.4 is 10.6 Å². The molecule has 2 atom stereocenters. The van der Waals surface area contributed by atoms with Crippen LogP contribution in [0.4, 0.5) is 11.8 Å². The normalized spacial score (nSPS) is 23.4. The fraction of sp³-hybridized carbons (Fsp3) is 0.545. The molecule has 0 aliphatic carbocycles. The summed E-state index contributed by atoms with van der Waals surface area (Å²) in [7, 11) is 1.79. The molecule has 3 heterocycles. The Labute approximate surface area is 104 Å². The van der Waals surface area contributed by atoms with Crippen molar-refractivity contribution in [2.24, 2.45) is 0 Å². The highest BCUT2D eigenvalue weighted by atomic mass is 16.5. The Morgan fingerprint density at radius 1 is 1.44 bits per heavy atom. The predicted octanol–water partition coefficient (Wildman–Crippen LogP) is 0.984. The fourth-order valence-electron chi connectivity index (χ4n) is 2.15. The van der Waals surface area contributed by atoms with Crippen molar-refractivity contribution in [3.63, 3.8) is 0 Å². The standard InChI is InChI=1S/C11H16N6O/c1-6-7(3-4-18-6)15-10-8-9(14-5-13-8)16-11(12-2)17-10/h5-7H,3-4H2,1-2H3,(H3,12,13,14,15,16,17). The summed E-state index contributed by atoms with van der Waals surface area (Å²) < 4.78 is 5.54. The monoisotopic (exact) mass is 248 g/mol. The molecule has 7 heteroatoms. The van der Waals surface area contributed by atoms with Gasteiger partial charge in [-0.05, 0) is 13.3 Å². The molecule has 2 aromatic rings. The topological polar surface area (TPSA) is 87.8 Å². The summed E-state index contributed by atoms with van der Waals surface area (Å²) >= 11 is 0.